The fraction of sp³-hybridized carbons (Fsp3) is 0.538. The Hall–Kier alpha value is -1.93. The number of halogens is 2. The van der Waals surface area contributed by atoms with Crippen molar-refractivity contribution in [2.75, 3.05) is 45.8 Å². The van der Waals surface area contributed by atoms with Gasteiger partial charge in [-0.1, -0.05) is 30.3 Å². The Bertz CT molecular complexity index is 1420. The number of aliphatic hydroxyl groups excluding tert-OH is 1. The number of hydrogen-bond acceptors (Lipinski definition) is 8. The number of piperazine rings is 3. The van der Waals surface area contributed by atoms with Crippen LogP contribution in [0.15, 0.2) is 27.1 Å². The van der Waals surface area contributed by atoms with Crippen molar-refractivity contribution in [3.05, 3.63) is 33.3 Å². The van der Waals surface area contributed by atoms with Crippen LogP contribution in [0.3, 0.4) is 0 Å². The Morgan fingerprint density at radius 1 is 1.25 bits per heavy atom. The summed E-state index contributed by atoms with van der Waals surface area (Å²) >= 11 is 9.25. The molecule has 7 rings (SSSR count). The summed E-state index contributed by atoms with van der Waals surface area (Å²) in [5.74, 6) is -2.92. The van der Waals surface area contributed by atoms with Gasteiger partial charge in [-0.25, -0.2) is 4.98 Å². The molecule has 216 valence electrons. The highest BCUT2D eigenvalue weighted by atomic mass is 35.5. The number of hydrogen-bond donors (Lipinski definition) is 2. The van der Waals surface area contributed by atoms with E-state index in [1.54, 1.807) is 6.92 Å². The molecule has 3 N–H and O–H groups in total. The van der Waals surface area contributed by atoms with E-state index >= 15 is 0 Å². The number of nitrogens with two attached hydrogens (primary N) is 1. The van der Waals surface area contributed by atoms with Gasteiger partial charge >= 0.3 is 0 Å². The molecule has 14 heteroatoms. The van der Waals surface area contributed by atoms with Gasteiger partial charge < -0.3 is 47.0 Å². The van der Waals surface area contributed by atoms with Gasteiger partial charge in [0.2, 0.25) is 5.91 Å². The lowest BCUT2D eigenvalue weighted by atomic mass is 9.79. The van der Waals surface area contributed by atoms with Gasteiger partial charge in [0.05, 0.1) is 39.9 Å². The first-order valence-electron chi connectivity index (χ1n) is 13.1. The molecule has 1 aromatic heterocycles. The smallest absolute Gasteiger partial charge is 0.272 e. The summed E-state index contributed by atoms with van der Waals surface area (Å²) in [6.07, 6.45) is -0.863. The van der Waals surface area contributed by atoms with Gasteiger partial charge in [-0.05, 0) is 19.1 Å². The normalized spacial score (nSPS) is 31.6. The first kappa shape index (κ1) is 29.6. The van der Waals surface area contributed by atoms with Crippen molar-refractivity contribution in [2.24, 2.45) is 17.6 Å². The molecule has 0 aliphatic carbocycles. The number of β-lactam (4-membered cyclic amide) rings is 1. The zero-order valence-corrected chi connectivity index (χ0v) is 25.3. The Balaban J connectivity index is 0.00000323. The van der Waals surface area contributed by atoms with E-state index in [-0.39, 0.29) is 35.8 Å². The van der Waals surface area contributed by atoms with E-state index < -0.39 is 24.0 Å². The Morgan fingerprint density at radius 3 is 2.45 bits per heavy atom. The number of thiazole rings is 1. The molecule has 6 heterocycles. The molecule has 2 amide bonds. The average Bonchev–Trinajstić information content (AvgIpc) is 3.36. The second-order valence-corrected chi connectivity index (χ2v) is 14.3. The molecule has 5 aliphatic heterocycles. The SMILES string of the molecule is C[C@@H](O)[C@H]1C(=O)N2C(C(=O)[O-])=C(Sc3nc4c(C[N+]56CC[N+](CC(N)=O)(CC5)CC6)cc(Cl)cc4s3)[C@H](C)[C@H]12.[Cl-]. The summed E-state index contributed by atoms with van der Waals surface area (Å²) < 4.78 is 3.30. The van der Waals surface area contributed by atoms with Crippen LogP contribution in [0.1, 0.15) is 19.4 Å². The molecule has 0 radical (unpaired) electrons. The lowest BCUT2D eigenvalue weighted by Crippen LogP contribution is -3.00. The molecule has 2 aromatic rings. The maximum Gasteiger partial charge on any atom is 0.272 e. The van der Waals surface area contributed by atoms with Crippen molar-refractivity contribution in [3.8, 4) is 0 Å². The zero-order valence-electron chi connectivity index (χ0n) is 22.1. The first-order chi connectivity index (χ1) is 18.4. The lowest BCUT2D eigenvalue weighted by molar-refractivity contribution is -1.08. The minimum atomic E-state index is -1.40. The van der Waals surface area contributed by atoms with E-state index in [0.29, 0.717) is 20.8 Å². The molecular weight excluding hydrogens is 597 g/mol. The number of carboxylic acids is 1. The van der Waals surface area contributed by atoms with Crippen LogP contribution in [0.2, 0.25) is 5.02 Å². The van der Waals surface area contributed by atoms with Gasteiger partial charge in [-0.2, -0.15) is 0 Å². The number of rotatable bonds is 8. The van der Waals surface area contributed by atoms with Crippen LogP contribution in [0, 0.1) is 11.8 Å². The lowest BCUT2D eigenvalue weighted by Gasteiger charge is -2.55. The van der Waals surface area contributed by atoms with Crippen molar-refractivity contribution in [1.29, 1.82) is 0 Å². The van der Waals surface area contributed by atoms with Crippen LogP contribution >= 0.6 is 34.7 Å². The van der Waals surface area contributed by atoms with Crippen molar-refractivity contribution in [2.45, 2.75) is 36.9 Å². The van der Waals surface area contributed by atoms with Gasteiger partial charge in [0.15, 0.2) is 10.9 Å². The number of primary amides is 1. The minimum absolute atomic E-state index is 0. The summed E-state index contributed by atoms with van der Waals surface area (Å²) in [5, 5.41) is 22.8. The molecule has 10 nitrogen and oxygen atoms in total. The van der Waals surface area contributed by atoms with E-state index in [0.717, 1.165) is 70.6 Å². The minimum Gasteiger partial charge on any atom is -1.00 e. The maximum atomic E-state index is 12.7. The number of thioether (sulfide) groups is 1. The van der Waals surface area contributed by atoms with E-state index in [1.807, 2.05) is 19.1 Å². The topological polar surface area (TPSA) is 137 Å². The Morgan fingerprint density at radius 2 is 1.88 bits per heavy atom. The third-order valence-electron chi connectivity index (χ3n) is 9.16. The summed E-state index contributed by atoms with van der Waals surface area (Å²) in [6, 6.07) is 3.46. The number of carbonyl (C=O) groups is 3. The van der Waals surface area contributed by atoms with Crippen LogP contribution < -0.4 is 23.2 Å². The van der Waals surface area contributed by atoms with Crippen LogP contribution in [-0.2, 0) is 20.9 Å². The predicted octanol–water partition coefficient (Wildman–Crippen LogP) is -2.49. The molecule has 4 saturated heterocycles. The molecule has 4 atom stereocenters. The molecule has 40 heavy (non-hydrogen) atoms. The van der Waals surface area contributed by atoms with E-state index in [1.165, 1.54) is 28.0 Å². The first-order valence-corrected chi connectivity index (χ1v) is 15.2. The Labute approximate surface area is 251 Å². The number of aliphatic hydroxyl groups is 1. The highest BCUT2D eigenvalue weighted by Gasteiger charge is 2.59. The van der Waals surface area contributed by atoms with E-state index in [2.05, 4.69) is 0 Å². The van der Waals surface area contributed by atoms with Crippen molar-refractivity contribution in [3.63, 3.8) is 0 Å². The summed E-state index contributed by atoms with van der Waals surface area (Å²) in [4.78, 5) is 43.1. The summed E-state index contributed by atoms with van der Waals surface area (Å²) in [5.41, 5.74) is 7.32. The molecular formula is C26H31Cl2N5O5S2. The summed E-state index contributed by atoms with van der Waals surface area (Å²) in [6.45, 7) is 10.3. The van der Waals surface area contributed by atoms with Gasteiger partial charge in [0.25, 0.3) is 5.91 Å². The standard InChI is InChI=1S/C26H30ClN5O5S2.ClH/c1-13-21-19(14(2)33)24(35)30(21)22(25(36)37)23(13)39-26-29-20-15(9-16(27)10-17(20)38-26)11-31-3-6-32(7-4-31,8-5-31)12-18(28)34;/h9-10,13-14,19,21,33H,3-8,11-12H2,1-2H3,(H-2,28,34,36,37);1H/t13-,14-,19-,21-,31?,32?;/m1./s1. The number of amides is 2. The van der Waals surface area contributed by atoms with Crippen molar-refractivity contribution >= 4 is 62.7 Å². The number of quaternary nitrogens is 2. The van der Waals surface area contributed by atoms with Gasteiger partial charge in [0.1, 0.15) is 45.8 Å². The van der Waals surface area contributed by atoms with Crippen LogP contribution in [0.5, 0.6) is 0 Å². The predicted molar refractivity (Wildman–Crippen MR) is 145 cm³/mol. The van der Waals surface area contributed by atoms with Crippen molar-refractivity contribution < 1.29 is 46.0 Å². The fourth-order valence-electron chi connectivity index (χ4n) is 7.06. The fourth-order valence-corrected chi connectivity index (χ4v) is 9.78. The van der Waals surface area contributed by atoms with Crippen molar-refractivity contribution in [1.82, 2.24) is 9.88 Å². The number of aromatic nitrogens is 1. The molecule has 1 aromatic carbocycles. The molecule has 0 spiro atoms. The number of benzene rings is 1. The molecule has 0 unspecified atom stereocenters. The molecule has 4 fully saturated rings. The van der Waals surface area contributed by atoms with E-state index in [9.17, 15) is 24.6 Å². The van der Waals surface area contributed by atoms with Gasteiger partial charge in [-0.15, -0.1) is 11.3 Å². The van der Waals surface area contributed by atoms with Gasteiger partial charge in [0, 0.05) is 21.4 Å². The quantitative estimate of drug-likeness (QED) is 0.244. The Kier molecular flexibility index (Phi) is 7.69. The van der Waals surface area contributed by atoms with Crippen LogP contribution in [-0.4, -0.2) is 99.7 Å². The third-order valence-corrected chi connectivity index (χ3v) is 11.7. The number of fused-ring (bicyclic) bond motifs is 5. The van der Waals surface area contributed by atoms with E-state index in [4.69, 9.17) is 22.3 Å². The zero-order chi connectivity index (χ0) is 27.9. The summed E-state index contributed by atoms with van der Waals surface area (Å²) in [7, 11) is 0. The maximum absolute atomic E-state index is 12.7. The second-order valence-electron chi connectivity index (χ2n) is 11.6. The number of carboxylic acid groups (broad SMARTS) is 1. The second kappa shape index (κ2) is 10.4. The third kappa shape index (κ3) is 4.71. The molecule has 2 bridgehead atoms. The highest BCUT2D eigenvalue weighted by Crippen LogP contribution is 2.52. The van der Waals surface area contributed by atoms with Crippen LogP contribution in [0.25, 0.3) is 10.2 Å². The number of aliphatic carboxylic acids is 1. The highest BCUT2D eigenvalue weighted by molar-refractivity contribution is 8.04. The number of carbonyl (C=O) groups excluding carboxylic acids is 3. The monoisotopic (exact) mass is 627 g/mol. The van der Waals surface area contributed by atoms with Crippen LogP contribution in [0.4, 0.5) is 0 Å². The largest absolute Gasteiger partial charge is 1.00 e. The number of nitrogens with zero attached hydrogens (tertiary/aromatic N) is 4. The van der Waals surface area contributed by atoms with Gasteiger partial charge in [-0.3, -0.25) is 9.59 Å². The average molecular weight is 629 g/mol. The molecule has 5 aliphatic rings. The molecule has 0 saturated carbocycles.